The van der Waals surface area contributed by atoms with E-state index in [0.717, 1.165) is 24.1 Å². The number of nitrogens with one attached hydrogen (secondary N) is 1. The van der Waals surface area contributed by atoms with Crippen LogP contribution in [0.25, 0.3) is 0 Å². The van der Waals surface area contributed by atoms with Gasteiger partial charge in [0.1, 0.15) is 0 Å². The first kappa shape index (κ1) is 26.6. The summed E-state index contributed by atoms with van der Waals surface area (Å²) in [6.07, 6.45) is 2.80. The van der Waals surface area contributed by atoms with E-state index in [1.165, 1.54) is 15.6 Å². The van der Waals surface area contributed by atoms with Gasteiger partial charge in [0.15, 0.2) is 0 Å². The topological polar surface area (TPSA) is 86.8 Å². The second-order valence-corrected chi connectivity index (χ2v) is 13.3. The standard InChI is InChI=1S/C29H33N3O4S2/c1-20(2)19-32-27(25-11-8-18-37-25)26(23-9-4-5-10-24(23)29(32)34)28(33)30-21-12-14-22(15-13-21)38(35,36)31-16-6-3-7-17-31/h4-5,8-15,18,20,26-27H,3,6-7,16-17,19H2,1-2H3,(H,30,33). The molecule has 7 nitrogen and oxygen atoms in total. The van der Waals surface area contributed by atoms with Gasteiger partial charge in [0.05, 0.1) is 16.9 Å². The van der Waals surface area contributed by atoms with Gasteiger partial charge in [0, 0.05) is 35.8 Å². The van der Waals surface area contributed by atoms with Crippen LogP contribution in [-0.4, -0.2) is 49.1 Å². The van der Waals surface area contributed by atoms with Gasteiger partial charge in [0.2, 0.25) is 15.9 Å². The average molecular weight is 552 g/mol. The van der Waals surface area contributed by atoms with Gasteiger partial charge >= 0.3 is 0 Å². The maximum Gasteiger partial charge on any atom is 0.254 e. The number of amides is 2. The molecular weight excluding hydrogens is 518 g/mol. The molecule has 0 radical (unpaired) electrons. The highest BCUT2D eigenvalue weighted by molar-refractivity contribution is 7.89. The first-order valence-corrected chi connectivity index (χ1v) is 15.4. The third-order valence-electron chi connectivity index (χ3n) is 7.19. The van der Waals surface area contributed by atoms with E-state index in [2.05, 4.69) is 19.2 Å². The highest BCUT2D eigenvalue weighted by atomic mass is 32.2. The van der Waals surface area contributed by atoms with E-state index in [-0.39, 0.29) is 22.6 Å². The van der Waals surface area contributed by atoms with Crippen molar-refractivity contribution in [2.45, 2.75) is 50.0 Å². The number of hydrogen-bond acceptors (Lipinski definition) is 5. The summed E-state index contributed by atoms with van der Waals surface area (Å²) in [7, 11) is -3.55. The van der Waals surface area contributed by atoms with E-state index < -0.39 is 22.0 Å². The van der Waals surface area contributed by atoms with E-state index in [9.17, 15) is 18.0 Å². The van der Waals surface area contributed by atoms with Crippen LogP contribution in [0.1, 0.15) is 65.9 Å². The summed E-state index contributed by atoms with van der Waals surface area (Å²) >= 11 is 1.54. The molecule has 0 spiro atoms. The molecule has 200 valence electrons. The Morgan fingerprint density at radius 1 is 1.00 bits per heavy atom. The molecule has 2 aromatic carbocycles. The normalized spacial score (nSPS) is 20.4. The molecule has 2 aliphatic rings. The minimum atomic E-state index is -3.55. The maximum absolute atomic E-state index is 13.9. The molecule has 2 amide bonds. The molecule has 1 aromatic heterocycles. The Morgan fingerprint density at radius 2 is 1.71 bits per heavy atom. The predicted octanol–water partition coefficient (Wildman–Crippen LogP) is 5.50. The van der Waals surface area contributed by atoms with Crippen molar-refractivity contribution in [2.24, 2.45) is 5.92 Å². The van der Waals surface area contributed by atoms with Crippen LogP contribution in [0.3, 0.4) is 0 Å². The lowest BCUT2D eigenvalue weighted by Gasteiger charge is -2.42. The molecule has 3 heterocycles. The van der Waals surface area contributed by atoms with Crippen molar-refractivity contribution in [3.63, 3.8) is 0 Å². The second-order valence-electron chi connectivity index (χ2n) is 10.4. The largest absolute Gasteiger partial charge is 0.329 e. The number of anilines is 1. The highest BCUT2D eigenvalue weighted by Crippen LogP contribution is 2.45. The van der Waals surface area contributed by atoms with Crippen LogP contribution in [0, 0.1) is 5.92 Å². The van der Waals surface area contributed by atoms with Gasteiger partial charge in [-0.25, -0.2) is 8.42 Å². The Morgan fingerprint density at radius 3 is 2.37 bits per heavy atom. The number of sulfonamides is 1. The Bertz CT molecular complexity index is 1400. The Hall–Kier alpha value is -3.01. The number of carbonyl (C=O) groups excluding carboxylic acids is 2. The molecule has 38 heavy (non-hydrogen) atoms. The fraction of sp³-hybridized carbons (Fsp3) is 0.379. The third kappa shape index (κ3) is 5.15. The van der Waals surface area contributed by atoms with E-state index in [1.54, 1.807) is 30.3 Å². The van der Waals surface area contributed by atoms with Crippen LogP contribution in [0.15, 0.2) is 70.9 Å². The Balaban J connectivity index is 1.46. The van der Waals surface area contributed by atoms with Crippen molar-refractivity contribution < 1.29 is 18.0 Å². The fourth-order valence-corrected chi connectivity index (χ4v) is 7.82. The second kappa shape index (κ2) is 11.0. The van der Waals surface area contributed by atoms with E-state index in [1.807, 2.05) is 40.6 Å². The summed E-state index contributed by atoms with van der Waals surface area (Å²) in [4.78, 5) is 30.5. The maximum atomic E-state index is 13.9. The third-order valence-corrected chi connectivity index (χ3v) is 10.0. The van der Waals surface area contributed by atoms with Crippen molar-refractivity contribution in [2.75, 3.05) is 25.0 Å². The number of rotatable bonds is 7. The van der Waals surface area contributed by atoms with Crippen LogP contribution in [0.2, 0.25) is 0 Å². The summed E-state index contributed by atoms with van der Waals surface area (Å²) in [6.45, 7) is 5.74. The molecule has 2 aliphatic heterocycles. The monoisotopic (exact) mass is 551 g/mol. The van der Waals surface area contributed by atoms with Crippen molar-refractivity contribution in [1.82, 2.24) is 9.21 Å². The quantitative estimate of drug-likeness (QED) is 0.420. The molecule has 9 heteroatoms. The number of piperidine rings is 1. The van der Waals surface area contributed by atoms with Gasteiger partial charge < -0.3 is 10.2 Å². The Kier molecular flexibility index (Phi) is 7.70. The van der Waals surface area contributed by atoms with Gasteiger partial charge in [-0.2, -0.15) is 4.31 Å². The SMILES string of the molecule is CC(C)CN1C(=O)c2ccccc2C(C(=O)Nc2ccc(S(=O)(=O)N3CCCCC3)cc2)C1c1cccs1. The summed E-state index contributed by atoms with van der Waals surface area (Å²) in [5.74, 6) is -0.685. The van der Waals surface area contributed by atoms with Gasteiger partial charge in [-0.05, 0) is 66.1 Å². The number of thiophene rings is 1. The van der Waals surface area contributed by atoms with E-state index >= 15 is 0 Å². The number of fused-ring (bicyclic) bond motifs is 1. The van der Waals surface area contributed by atoms with Gasteiger partial charge in [0.25, 0.3) is 5.91 Å². The summed E-state index contributed by atoms with van der Waals surface area (Å²) in [5.41, 5.74) is 1.77. The average Bonchev–Trinajstić information content (AvgIpc) is 3.45. The molecule has 0 bridgehead atoms. The number of hydrogen-bond donors (Lipinski definition) is 1. The smallest absolute Gasteiger partial charge is 0.254 e. The first-order valence-electron chi connectivity index (χ1n) is 13.1. The highest BCUT2D eigenvalue weighted by Gasteiger charge is 2.44. The molecule has 3 aromatic rings. The zero-order chi connectivity index (χ0) is 26.9. The van der Waals surface area contributed by atoms with Crippen LogP contribution in [0.5, 0.6) is 0 Å². The summed E-state index contributed by atoms with van der Waals surface area (Å²) < 4.78 is 27.6. The molecule has 2 unspecified atom stereocenters. The van der Waals surface area contributed by atoms with Crippen LogP contribution in [0.4, 0.5) is 5.69 Å². The fourth-order valence-electron chi connectivity index (χ4n) is 5.43. The van der Waals surface area contributed by atoms with E-state index in [4.69, 9.17) is 0 Å². The lowest BCUT2D eigenvalue weighted by Crippen LogP contribution is -2.47. The van der Waals surface area contributed by atoms with E-state index in [0.29, 0.717) is 36.4 Å². The molecular formula is C29H33N3O4S2. The zero-order valence-electron chi connectivity index (χ0n) is 21.7. The number of benzene rings is 2. The molecule has 0 saturated carbocycles. The Labute approximate surface area is 228 Å². The van der Waals surface area contributed by atoms with Gasteiger partial charge in [-0.15, -0.1) is 11.3 Å². The predicted molar refractivity (Wildman–Crippen MR) is 150 cm³/mol. The molecule has 1 N–H and O–H groups in total. The zero-order valence-corrected chi connectivity index (χ0v) is 23.3. The summed E-state index contributed by atoms with van der Waals surface area (Å²) in [5, 5.41) is 4.97. The first-order chi connectivity index (χ1) is 18.3. The molecule has 0 aliphatic carbocycles. The minimum Gasteiger partial charge on any atom is -0.329 e. The minimum absolute atomic E-state index is 0.0657. The van der Waals surface area contributed by atoms with Crippen LogP contribution < -0.4 is 5.32 Å². The van der Waals surface area contributed by atoms with Crippen molar-refractivity contribution >= 4 is 38.9 Å². The van der Waals surface area contributed by atoms with Crippen molar-refractivity contribution in [3.05, 3.63) is 82.0 Å². The molecule has 1 fully saturated rings. The molecule has 2 atom stereocenters. The van der Waals surface area contributed by atoms with Gasteiger partial charge in [-0.3, -0.25) is 9.59 Å². The summed E-state index contributed by atoms with van der Waals surface area (Å²) in [6, 6.07) is 17.2. The van der Waals surface area contributed by atoms with Gasteiger partial charge in [-0.1, -0.05) is 44.5 Å². The van der Waals surface area contributed by atoms with Crippen LogP contribution >= 0.6 is 11.3 Å². The molecule has 1 saturated heterocycles. The lowest BCUT2D eigenvalue weighted by atomic mass is 9.81. The molecule has 5 rings (SSSR count). The number of nitrogens with zero attached hydrogens (tertiary/aromatic N) is 2. The van der Waals surface area contributed by atoms with Crippen LogP contribution in [-0.2, 0) is 14.8 Å². The number of carbonyl (C=O) groups is 2. The lowest BCUT2D eigenvalue weighted by molar-refractivity contribution is -0.119. The van der Waals surface area contributed by atoms with Crippen molar-refractivity contribution in [1.29, 1.82) is 0 Å². The van der Waals surface area contributed by atoms with Crippen molar-refractivity contribution in [3.8, 4) is 0 Å².